The Kier molecular flexibility index (Phi) is 5.91. The van der Waals surface area contributed by atoms with E-state index in [4.69, 9.17) is 4.42 Å². The van der Waals surface area contributed by atoms with Crippen LogP contribution >= 0.6 is 15.9 Å². The lowest BCUT2D eigenvalue weighted by molar-refractivity contribution is -0.303. The summed E-state index contributed by atoms with van der Waals surface area (Å²) < 4.78 is 5.74. The van der Waals surface area contributed by atoms with Crippen LogP contribution in [0.15, 0.2) is 57.2 Å². The van der Waals surface area contributed by atoms with Gasteiger partial charge in [-0.3, -0.25) is 9.59 Å². The monoisotopic (exact) mass is 391 g/mol. The number of halogens is 1. The third kappa shape index (κ3) is 5.10. The van der Waals surface area contributed by atoms with Crippen molar-refractivity contribution in [1.82, 2.24) is 10.6 Å². The summed E-state index contributed by atoms with van der Waals surface area (Å²) in [5.41, 5.74) is 0.499. The topological polar surface area (TPSA) is 111 Å². The van der Waals surface area contributed by atoms with Crippen LogP contribution in [0.3, 0.4) is 0 Å². The van der Waals surface area contributed by atoms with Crippen LogP contribution in [0.2, 0.25) is 0 Å². The van der Waals surface area contributed by atoms with Crippen molar-refractivity contribution in [1.29, 1.82) is 0 Å². The van der Waals surface area contributed by atoms with Crippen molar-refractivity contribution in [3.05, 3.63) is 64.2 Å². The second-order valence-corrected chi connectivity index (χ2v) is 5.51. The van der Waals surface area contributed by atoms with Gasteiger partial charge in [-0.15, -0.1) is 0 Å². The van der Waals surface area contributed by atoms with Gasteiger partial charge in [-0.05, 0) is 35.9 Å². The number of nitrogens with one attached hydrogen (secondary N) is 2. The van der Waals surface area contributed by atoms with E-state index in [1.165, 1.54) is 24.5 Å². The lowest BCUT2D eigenvalue weighted by atomic mass is 10.2. The first-order valence-corrected chi connectivity index (χ1v) is 7.55. The Balaban J connectivity index is 2.25. The van der Waals surface area contributed by atoms with Crippen LogP contribution in [0.4, 0.5) is 0 Å². The number of carbonyl (C=O) groups excluding carboxylic acids is 3. The van der Waals surface area contributed by atoms with Crippen LogP contribution in [0.25, 0.3) is 6.08 Å². The molecule has 0 bridgehead atoms. The van der Waals surface area contributed by atoms with Gasteiger partial charge in [0.15, 0.2) is 5.76 Å². The highest BCUT2D eigenvalue weighted by atomic mass is 79.9. The molecule has 2 aromatic rings. The maximum atomic E-state index is 12.1. The number of rotatable bonds is 6. The Morgan fingerprint density at radius 1 is 1.21 bits per heavy atom. The van der Waals surface area contributed by atoms with Crippen molar-refractivity contribution in [2.75, 3.05) is 6.54 Å². The minimum atomic E-state index is -1.44. The zero-order valence-electron chi connectivity index (χ0n) is 12.2. The molecule has 0 aliphatic rings. The Hall–Kier alpha value is -2.87. The average molecular weight is 392 g/mol. The summed E-state index contributed by atoms with van der Waals surface area (Å²) in [7, 11) is 0. The second-order valence-electron chi connectivity index (χ2n) is 4.60. The van der Waals surface area contributed by atoms with Gasteiger partial charge >= 0.3 is 0 Å². The SMILES string of the molecule is O=C([O-])CNC(=O)/C(=C\c1cccc(Br)c1)NC(=O)c1ccco1. The molecule has 0 aliphatic carbocycles. The second kappa shape index (κ2) is 8.11. The summed E-state index contributed by atoms with van der Waals surface area (Å²) in [5.74, 6) is -2.82. The lowest BCUT2D eigenvalue weighted by Crippen LogP contribution is -2.41. The molecule has 0 spiro atoms. The Morgan fingerprint density at radius 2 is 2.00 bits per heavy atom. The molecule has 1 aromatic heterocycles. The van der Waals surface area contributed by atoms with Gasteiger partial charge < -0.3 is 25.0 Å². The molecule has 0 unspecified atom stereocenters. The Morgan fingerprint density at radius 3 is 2.62 bits per heavy atom. The highest BCUT2D eigenvalue weighted by molar-refractivity contribution is 9.10. The van der Waals surface area contributed by atoms with E-state index in [1.807, 2.05) is 0 Å². The first-order chi connectivity index (χ1) is 11.5. The number of carbonyl (C=O) groups is 3. The molecule has 0 atom stereocenters. The molecule has 2 N–H and O–H groups in total. The number of carboxylic acids is 1. The summed E-state index contributed by atoms with van der Waals surface area (Å²) in [6.07, 6.45) is 2.74. The van der Waals surface area contributed by atoms with Gasteiger partial charge in [0.05, 0.1) is 18.8 Å². The smallest absolute Gasteiger partial charge is 0.291 e. The number of carboxylic acid groups (broad SMARTS) is 1. The molecule has 124 valence electrons. The van der Waals surface area contributed by atoms with E-state index in [9.17, 15) is 19.5 Å². The number of aliphatic carboxylic acids is 1. The summed E-state index contributed by atoms with van der Waals surface area (Å²) >= 11 is 3.30. The largest absolute Gasteiger partial charge is 0.548 e. The molecule has 1 aromatic carbocycles. The van der Waals surface area contributed by atoms with Gasteiger partial charge in [0.1, 0.15) is 5.70 Å². The molecule has 2 rings (SSSR count). The number of hydrogen-bond acceptors (Lipinski definition) is 5. The van der Waals surface area contributed by atoms with Crippen LogP contribution in [-0.2, 0) is 9.59 Å². The predicted molar refractivity (Wildman–Crippen MR) is 86.3 cm³/mol. The van der Waals surface area contributed by atoms with E-state index < -0.39 is 24.3 Å². The van der Waals surface area contributed by atoms with Gasteiger partial charge in [0, 0.05) is 4.47 Å². The third-order valence-electron chi connectivity index (χ3n) is 2.79. The van der Waals surface area contributed by atoms with Crippen LogP contribution in [-0.4, -0.2) is 24.3 Å². The summed E-state index contributed by atoms with van der Waals surface area (Å²) in [4.78, 5) is 34.7. The average Bonchev–Trinajstić information content (AvgIpc) is 3.06. The van der Waals surface area contributed by atoms with Crippen LogP contribution in [0.1, 0.15) is 16.1 Å². The van der Waals surface area contributed by atoms with E-state index in [1.54, 1.807) is 24.3 Å². The highest BCUT2D eigenvalue weighted by Gasteiger charge is 2.16. The van der Waals surface area contributed by atoms with E-state index >= 15 is 0 Å². The fraction of sp³-hybridized carbons (Fsp3) is 0.0625. The molecule has 2 amide bonds. The van der Waals surface area contributed by atoms with Crippen molar-refractivity contribution in [2.45, 2.75) is 0 Å². The molecule has 0 aliphatic heterocycles. The van der Waals surface area contributed by atoms with Gasteiger partial charge in [-0.1, -0.05) is 28.1 Å². The highest BCUT2D eigenvalue weighted by Crippen LogP contribution is 2.14. The van der Waals surface area contributed by atoms with Crippen molar-refractivity contribution in [3.8, 4) is 0 Å². The summed E-state index contributed by atoms with van der Waals surface area (Å²) in [5, 5.41) is 15.0. The Bertz CT molecular complexity index is 784. The zero-order chi connectivity index (χ0) is 17.5. The number of hydrogen-bond donors (Lipinski definition) is 2. The summed E-state index contributed by atoms with van der Waals surface area (Å²) in [6.45, 7) is -0.675. The zero-order valence-corrected chi connectivity index (χ0v) is 13.8. The molecule has 0 saturated carbocycles. The van der Waals surface area contributed by atoms with Crippen LogP contribution in [0.5, 0.6) is 0 Å². The Labute approximate surface area is 145 Å². The molecule has 0 saturated heterocycles. The van der Waals surface area contributed by atoms with Crippen LogP contribution < -0.4 is 15.7 Å². The fourth-order valence-corrected chi connectivity index (χ4v) is 2.18. The number of amides is 2. The van der Waals surface area contributed by atoms with E-state index in [2.05, 4.69) is 26.6 Å². The van der Waals surface area contributed by atoms with Gasteiger partial charge in [-0.2, -0.15) is 0 Å². The third-order valence-corrected chi connectivity index (χ3v) is 3.28. The maximum Gasteiger partial charge on any atom is 0.291 e. The number of furan rings is 1. The fourth-order valence-electron chi connectivity index (χ4n) is 1.76. The molecular weight excluding hydrogens is 380 g/mol. The quantitative estimate of drug-likeness (QED) is 0.703. The maximum absolute atomic E-state index is 12.1. The van der Waals surface area contributed by atoms with Gasteiger partial charge in [-0.25, -0.2) is 0 Å². The van der Waals surface area contributed by atoms with Gasteiger partial charge in [0.2, 0.25) is 0 Å². The number of benzene rings is 1. The standard InChI is InChI=1S/C16H13BrN2O5/c17-11-4-1-3-10(7-11)8-12(15(22)18-9-14(20)21)19-16(23)13-5-2-6-24-13/h1-8H,9H2,(H,18,22)(H,19,23)(H,20,21)/p-1/b12-8+. The molecule has 1 heterocycles. The molecule has 0 radical (unpaired) electrons. The molecule has 7 nitrogen and oxygen atoms in total. The molecular formula is C16H12BrN2O5-. The van der Waals surface area contributed by atoms with E-state index in [-0.39, 0.29) is 11.5 Å². The van der Waals surface area contributed by atoms with E-state index in [0.29, 0.717) is 5.56 Å². The van der Waals surface area contributed by atoms with Gasteiger partial charge in [0.25, 0.3) is 11.8 Å². The van der Waals surface area contributed by atoms with Crippen molar-refractivity contribution in [3.63, 3.8) is 0 Å². The molecule has 24 heavy (non-hydrogen) atoms. The lowest BCUT2D eigenvalue weighted by Gasteiger charge is -2.10. The van der Waals surface area contributed by atoms with E-state index in [0.717, 1.165) is 4.47 Å². The minimum absolute atomic E-state index is 0.0165. The van der Waals surface area contributed by atoms with Crippen molar-refractivity contribution >= 4 is 39.8 Å². The minimum Gasteiger partial charge on any atom is -0.548 e. The normalized spacial score (nSPS) is 11.0. The van der Waals surface area contributed by atoms with Crippen LogP contribution in [0, 0.1) is 0 Å². The first kappa shape index (κ1) is 17.5. The first-order valence-electron chi connectivity index (χ1n) is 6.76. The molecule has 8 heteroatoms. The predicted octanol–water partition coefficient (Wildman–Crippen LogP) is 0.679. The molecule has 0 fully saturated rings. The van der Waals surface area contributed by atoms with Crippen molar-refractivity contribution in [2.24, 2.45) is 0 Å². The van der Waals surface area contributed by atoms with Crippen molar-refractivity contribution < 1.29 is 23.9 Å². The summed E-state index contributed by atoms with van der Waals surface area (Å²) in [6, 6.07) is 9.96.